The molecule has 190 valence electrons. The predicted octanol–water partition coefficient (Wildman–Crippen LogP) is 7.11. The molecule has 1 atom stereocenters. The van der Waals surface area contributed by atoms with Gasteiger partial charge in [-0.15, -0.1) is 23.5 Å². The summed E-state index contributed by atoms with van der Waals surface area (Å²) >= 11 is 4.04. The number of ether oxygens (including phenoxy) is 2. The first-order valence-electron chi connectivity index (χ1n) is 12.5. The third kappa shape index (κ3) is 8.18. The van der Waals surface area contributed by atoms with E-state index in [0.29, 0.717) is 29.8 Å². The summed E-state index contributed by atoms with van der Waals surface area (Å²) < 4.78 is 18.0. The molecule has 1 N–H and O–H groups in total. The summed E-state index contributed by atoms with van der Waals surface area (Å²) in [5, 5.41) is 10.8. The van der Waals surface area contributed by atoms with Gasteiger partial charge in [-0.1, -0.05) is 53.7 Å². The van der Waals surface area contributed by atoms with Crippen LogP contribution in [0.3, 0.4) is 0 Å². The predicted molar refractivity (Wildman–Crippen MR) is 147 cm³/mol. The Labute approximate surface area is 212 Å². The Balaban J connectivity index is 1.92. The van der Waals surface area contributed by atoms with Crippen LogP contribution >= 0.6 is 23.5 Å². The van der Waals surface area contributed by atoms with Crippen LogP contribution < -0.4 is 4.74 Å². The lowest BCUT2D eigenvalue weighted by Gasteiger charge is -2.44. The maximum absolute atomic E-state index is 10.8. The number of rotatable bonds is 14. The summed E-state index contributed by atoms with van der Waals surface area (Å²) in [5.74, 6) is 3.16. The summed E-state index contributed by atoms with van der Waals surface area (Å²) in [6, 6.07) is 7.89. The zero-order chi connectivity index (χ0) is 24.5. The van der Waals surface area contributed by atoms with E-state index in [0.717, 1.165) is 42.3 Å². The fourth-order valence-corrected chi connectivity index (χ4v) is 14.2. The molecule has 2 rings (SSSR count). The van der Waals surface area contributed by atoms with Gasteiger partial charge in [-0.3, -0.25) is 0 Å². The molecule has 1 aromatic carbocycles. The Morgan fingerprint density at radius 1 is 0.970 bits per heavy atom. The number of thioether (sulfide) groups is 2. The average molecular weight is 515 g/mol. The highest BCUT2D eigenvalue weighted by Gasteiger charge is 2.45. The molecular weight excluding hydrogens is 469 g/mol. The van der Waals surface area contributed by atoms with Crippen LogP contribution in [0.4, 0.5) is 0 Å². The minimum Gasteiger partial charge on any atom is -0.497 e. The van der Waals surface area contributed by atoms with Crippen molar-refractivity contribution in [3.8, 4) is 5.75 Å². The highest BCUT2D eigenvalue weighted by Crippen LogP contribution is 2.49. The van der Waals surface area contributed by atoms with Crippen molar-refractivity contribution in [2.75, 3.05) is 31.8 Å². The Bertz CT molecular complexity index is 654. The van der Waals surface area contributed by atoms with Gasteiger partial charge in [0.2, 0.25) is 0 Å². The molecule has 1 saturated heterocycles. The van der Waals surface area contributed by atoms with E-state index in [-0.39, 0.29) is 4.08 Å². The van der Waals surface area contributed by atoms with Gasteiger partial charge in [0.1, 0.15) is 5.75 Å². The van der Waals surface area contributed by atoms with Crippen LogP contribution in [-0.4, -0.2) is 55.4 Å². The molecule has 1 aliphatic heterocycles. The number of methoxy groups -OCH3 is 1. The summed E-state index contributed by atoms with van der Waals surface area (Å²) in [7, 11) is -0.198. The minimum atomic E-state index is -1.87. The largest absolute Gasteiger partial charge is 0.497 e. The van der Waals surface area contributed by atoms with Gasteiger partial charge in [0.05, 0.1) is 30.5 Å². The van der Waals surface area contributed by atoms with Crippen molar-refractivity contribution in [1.29, 1.82) is 0 Å². The van der Waals surface area contributed by atoms with E-state index in [2.05, 4.69) is 41.5 Å². The molecule has 0 radical (unpaired) electrons. The number of aliphatic hydroxyl groups is 1. The molecule has 7 heteroatoms. The molecule has 33 heavy (non-hydrogen) atoms. The normalized spacial score (nSPS) is 17.7. The average Bonchev–Trinajstić information content (AvgIpc) is 2.77. The van der Waals surface area contributed by atoms with Crippen molar-refractivity contribution in [3.63, 3.8) is 0 Å². The third-order valence-electron chi connectivity index (χ3n) is 6.85. The fourth-order valence-electron chi connectivity index (χ4n) is 5.32. The highest BCUT2D eigenvalue weighted by atomic mass is 32.2. The van der Waals surface area contributed by atoms with Crippen LogP contribution in [0.2, 0.25) is 16.6 Å². The zero-order valence-electron chi connectivity index (χ0n) is 21.8. The summed E-state index contributed by atoms with van der Waals surface area (Å²) in [4.78, 5) is 0. The quantitative estimate of drug-likeness (QED) is 0.267. The maximum Gasteiger partial charge on any atom is 0.200 e. The second kappa shape index (κ2) is 13.8. The lowest BCUT2D eigenvalue weighted by Crippen LogP contribution is -2.48. The van der Waals surface area contributed by atoms with Gasteiger partial charge >= 0.3 is 0 Å². The lowest BCUT2D eigenvalue weighted by molar-refractivity contribution is 0.0224. The molecule has 4 nitrogen and oxygen atoms in total. The highest BCUT2D eigenvalue weighted by molar-refractivity contribution is 8.18. The zero-order valence-corrected chi connectivity index (χ0v) is 24.4. The molecule has 1 heterocycles. The van der Waals surface area contributed by atoms with E-state index in [1.165, 1.54) is 6.42 Å². The second-order valence-corrected chi connectivity index (χ2v) is 18.8. The van der Waals surface area contributed by atoms with E-state index in [4.69, 9.17) is 13.9 Å². The first-order valence-corrected chi connectivity index (χ1v) is 16.6. The molecule has 0 unspecified atom stereocenters. The van der Waals surface area contributed by atoms with Crippen molar-refractivity contribution < 1.29 is 19.0 Å². The number of hydrogen-bond donors (Lipinski definition) is 1. The van der Waals surface area contributed by atoms with Crippen LogP contribution in [0.15, 0.2) is 24.3 Å². The fraction of sp³-hybridized carbons (Fsp3) is 0.769. The van der Waals surface area contributed by atoms with Gasteiger partial charge in [0.25, 0.3) is 0 Å². The summed E-state index contributed by atoms with van der Waals surface area (Å²) in [6.45, 7) is 15.7. The molecule has 1 fully saturated rings. The topological polar surface area (TPSA) is 47.9 Å². The van der Waals surface area contributed by atoms with E-state index in [9.17, 15) is 5.11 Å². The second-order valence-electron chi connectivity index (χ2n) is 10.1. The Morgan fingerprint density at radius 3 is 2.06 bits per heavy atom. The van der Waals surface area contributed by atoms with E-state index >= 15 is 0 Å². The lowest BCUT2D eigenvalue weighted by atomic mass is 10.1. The molecule has 0 amide bonds. The molecule has 0 bridgehead atoms. The number of benzene rings is 1. The van der Waals surface area contributed by atoms with Crippen LogP contribution in [-0.2, 0) is 15.8 Å². The van der Waals surface area contributed by atoms with Gasteiger partial charge in [0, 0.05) is 6.61 Å². The van der Waals surface area contributed by atoms with Crippen LogP contribution in [0.25, 0.3) is 0 Å². The van der Waals surface area contributed by atoms with Gasteiger partial charge < -0.3 is 19.0 Å². The third-order valence-corrected chi connectivity index (χ3v) is 16.5. The molecule has 0 saturated carbocycles. The Kier molecular flexibility index (Phi) is 12.1. The monoisotopic (exact) mass is 514 g/mol. The standard InChI is InChI=1S/C26H46O4S2Si/c1-20(2)33(21(3)4,22(5)6)30-14-13-26(31-15-8-16-32-26)17-24(27)19-29-18-23-9-11-25(28-7)12-10-23/h9-12,20-22,24,27H,8,13-19H2,1-7H3/t24-/m1/s1. The van der Waals surface area contributed by atoms with Gasteiger partial charge in [-0.25, -0.2) is 0 Å². The molecule has 0 spiro atoms. The number of hydrogen-bond acceptors (Lipinski definition) is 6. The minimum absolute atomic E-state index is 0.0201. The maximum atomic E-state index is 10.8. The van der Waals surface area contributed by atoms with E-state index in [1.807, 2.05) is 47.8 Å². The van der Waals surface area contributed by atoms with Crippen molar-refractivity contribution in [2.45, 2.75) is 94.2 Å². The van der Waals surface area contributed by atoms with Crippen LogP contribution in [0.5, 0.6) is 5.75 Å². The first kappa shape index (κ1) is 29.0. The van der Waals surface area contributed by atoms with Crippen molar-refractivity contribution >= 4 is 31.8 Å². The van der Waals surface area contributed by atoms with E-state index < -0.39 is 14.4 Å². The SMILES string of the molecule is COc1ccc(COC[C@H](O)CC2(CCO[Si](C(C)C)(C(C)C)C(C)C)SCCCS2)cc1. The van der Waals surface area contributed by atoms with Crippen LogP contribution in [0.1, 0.15) is 66.4 Å². The molecule has 1 aromatic rings. The molecule has 0 aromatic heterocycles. The summed E-state index contributed by atoms with van der Waals surface area (Å²) in [5.41, 5.74) is 2.87. The number of aliphatic hydroxyl groups excluding tert-OH is 1. The first-order chi connectivity index (χ1) is 15.6. The van der Waals surface area contributed by atoms with Crippen molar-refractivity contribution in [2.24, 2.45) is 0 Å². The van der Waals surface area contributed by atoms with E-state index in [1.54, 1.807) is 7.11 Å². The van der Waals surface area contributed by atoms with Crippen LogP contribution in [0, 0.1) is 0 Å². The van der Waals surface area contributed by atoms with Crippen molar-refractivity contribution in [3.05, 3.63) is 29.8 Å². The molecule has 1 aliphatic rings. The molecular formula is C26H46O4S2Si. The van der Waals surface area contributed by atoms with Gasteiger partial charge in [-0.2, -0.15) is 0 Å². The molecule has 0 aliphatic carbocycles. The Morgan fingerprint density at radius 2 is 1.55 bits per heavy atom. The van der Waals surface area contributed by atoms with Crippen molar-refractivity contribution in [1.82, 2.24) is 0 Å². The smallest absolute Gasteiger partial charge is 0.200 e. The summed E-state index contributed by atoms with van der Waals surface area (Å²) in [6.07, 6.45) is 2.50. The Hall–Kier alpha value is -0.183. The van der Waals surface area contributed by atoms with Gasteiger partial charge in [-0.05, 0) is 65.1 Å². The van der Waals surface area contributed by atoms with Gasteiger partial charge in [0.15, 0.2) is 8.32 Å².